The largest absolute Gasteiger partial charge is 0.489 e. The minimum absolute atomic E-state index is 0.0416. The summed E-state index contributed by atoms with van der Waals surface area (Å²) in [5.74, 6) is 0.686. The van der Waals surface area contributed by atoms with E-state index in [1.54, 1.807) is 0 Å². The van der Waals surface area contributed by atoms with E-state index in [4.69, 9.17) is 21.4 Å². The molecular formula is C13H16ClNO3. The molecule has 98 valence electrons. The Labute approximate surface area is 111 Å². The number of amides is 1. The first kappa shape index (κ1) is 13.0. The van der Waals surface area contributed by atoms with Gasteiger partial charge in [0.1, 0.15) is 11.9 Å². The molecule has 0 radical (unpaired) electrons. The number of piperidine rings is 1. The molecule has 1 fully saturated rings. The van der Waals surface area contributed by atoms with Crippen LogP contribution in [-0.4, -0.2) is 35.3 Å². The molecule has 0 aromatic heterocycles. The van der Waals surface area contributed by atoms with Crippen LogP contribution in [-0.2, 0) is 0 Å². The second kappa shape index (κ2) is 5.48. The predicted octanol–water partition coefficient (Wildman–Crippen LogP) is 3.17. The summed E-state index contributed by atoms with van der Waals surface area (Å²) >= 11 is 6.07. The molecule has 0 saturated carbocycles. The molecule has 1 saturated heterocycles. The van der Waals surface area contributed by atoms with E-state index in [0.717, 1.165) is 5.56 Å². The van der Waals surface area contributed by atoms with Crippen LogP contribution >= 0.6 is 11.6 Å². The molecule has 1 aromatic rings. The number of hydrogen-bond donors (Lipinski definition) is 1. The lowest BCUT2D eigenvalue weighted by Gasteiger charge is -2.30. The monoisotopic (exact) mass is 269 g/mol. The molecule has 0 bridgehead atoms. The molecule has 1 amide bonds. The highest BCUT2D eigenvalue weighted by molar-refractivity contribution is 6.32. The lowest BCUT2D eigenvalue weighted by Crippen LogP contribution is -2.41. The Morgan fingerprint density at radius 3 is 2.72 bits per heavy atom. The molecule has 0 aliphatic carbocycles. The maximum absolute atomic E-state index is 10.8. The van der Waals surface area contributed by atoms with Crippen LogP contribution in [0.15, 0.2) is 18.2 Å². The summed E-state index contributed by atoms with van der Waals surface area (Å²) in [7, 11) is 0. The van der Waals surface area contributed by atoms with Crippen molar-refractivity contribution in [2.24, 2.45) is 0 Å². The lowest BCUT2D eigenvalue weighted by molar-refractivity contribution is 0.0895. The Morgan fingerprint density at radius 2 is 2.11 bits per heavy atom. The third-order valence-electron chi connectivity index (χ3n) is 3.09. The van der Waals surface area contributed by atoms with Gasteiger partial charge in [0.15, 0.2) is 0 Å². The third-order valence-corrected chi connectivity index (χ3v) is 3.41. The van der Waals surface area contributed by atoms with Crippen molar-refractivity contribution in [2.75, 3.05) is 13.1 Å². The molecule has 1 aromatic carbocycles. The minimum Gasteiger partial charge on any atom is -0.489 e. The van der Waals surface area contributed by atoms with E-state index in [1.807, 2.05) is 25.1 Å². The standard InChI is InChI=1S/C13H16ClNO3/c1-9-2-3-11(14)12(8-9)18-10-4-6-15(7-5-10)13(16)17/h2-3,8,10H,4-7H2,1H3,(H,16,17). The Kier molecular flexibility index (Phi) is 3.97. The molecule has 5 heteroatoms. The molecule has 2 rings (SSSR count). The molecule has 1 heterocycles. The summed E-state index contributed by atoms with van der Waals surface area (Å²) in [6.45, 7) is 3.02. The Bertz CT molecular complexity index is 442. The van der Waals surface area contributed by atoms with Crippen molar-refractivity contribution in [3.8, 4) is 5.75 Å². The normalized spacial score (nSPS) is 16.7. The molecule has 0 unspecified atom stereocenters. The van der Waals surface area contributed by atoms with E-state index in [9.17, 15) is 4.79 Å². The van der Waals surface area contributed by atoms with Gasteiger partial charge in [-0.1, -0.05) is 17.7 Å². The summed E-state index contributed by atoms with van der Waals surface area (Å²) in [6.07, 6.45) is 0.592. The highest BCUT2D eigenvalue weighted by Crippen LogP contribution is 2.28. The van der Waals surface area contributed by atoms with Crippen LogP contribution in [0.3, 0.4) is 0 Å². The second-order valence-corrected chi connectivity index (χ2v) is 4.93. The van der Waals surface area contributed by atoms with Crippen LogP contribution in [0.5, 0.6) is 5.75 Å². The molecule has 0 spiro atoms. The molecule has 4 nitrogen and oxygen atoms in total. The minimum atomic E-state index is -0.859. The summed E-state index contributed by atoms with van der Waals surface area (Å²) in [5, 5.41) is 9.46. The lowest BCUT2D eigenvalue weighted by atomic mass is 10.1. The molecule has 1 aliphatic heterocycles. The van der Waals surface area contributed by atoms with Crippen molar-refractivity contribution in [1.82, 2.24) is 4.90 Å². The van der Waals surface area contributed by atoms with Crippen LogP contribution in [0.1, 0.15) is 18.4 Å². The van der Waals surface area contributed by atoms with Crippen molar-refractivity contribution in [2.45, 2.75) is 25.9 Å². The van der Waals surface area contributed by atoms with Gasteiger partial charge in [0.25, 0.3) is 0 Å². The van der Waals surface area contributed by atoms with Gasteiger partial charge in [-0.2, -0.15) is 0 Å². The first-order chi connectivity index (χ1) is 8.56. The van der Waals surface area contributed by atoms with Crippen molar-refractivity contribution < 1.29 is 14.6 Å². The van der Waals surface area contributed by atoms with E-state index < -0.39 is 6.09 Å². The van der Waals surface area contributed by atoms with Crippen LogP contribution in [0, 0.1) is 6.92 Å². The first-order valence-electron chi connectivity index (χ1n) is 5.97. The fourth-order valence-electron chi connectivity index (χ4n) is 2.05. The Morgan fingerprint density at radius 1 is 1.44 bits per heavy atom. The average Bonchev–Trinajstić information content (AvgIpc) is 2.34. The molecule has 0 atom stereocenters. The molecule has 1 aliphatic rings. The number of nitrogens with zero attached hydrogens (tertiary/aromatic N) is 1. The zero-order valence-corrected chi connectivity index (χ0v) is 11.0. The van der Waals surface area contributed by atoms with E-state index >= 15 is 0 Å². The smallest absolute Gasteiger partial charge is 0.407 e. The highest BCUT2D eigenvalue weighted by atomic mass is 35.5. The first-order valence-corrected chi connectivity index (χ1v) is 6.35. The van der Waals surface area contributed by atoms with Crippen LogP contribution in [0.25, 0.3) is 0 Å². The van der Waals surface area contributed by atoms with Gasteiger partial charge < -0.3 is 14.7 Å². The van der Waals surface area contributed by atoms with Crippen LogP contribution in [0.2, 0.25) is 5.02 Å². The SMILES string of the molecule is Cc1ccc(Cl)c(OC2CCN(C(=O)O)CC2)c1. The molecular weight excluding hydrogens is 254 g/mol. The second-order valence-electron chi connectivity index (χ2n) is 4.52. The number of aryl methyl sites for hydroxylation is 1. The molecule has 18 heavy (non-hydrogen) atoms. The number of ether oxygens (including phenoxy) is 1. The summed E-state index contributed by atoms with van der Waals surface area (Å²) < 4.78 is 5.84. The maximum atomic E-state index is 10.8. The topological polar surface area (TPSA) is 49.8 Å². The van der Waals surface area contributed by atoms with Gasteiger partial charge in [0.2, 0.25) is 0 Å². The zero-order valence-electron chi connectivity index (χ0n) is 10.2. The van der Waals surface area contributed by atoms with Crippen LogP contribution < -0.4 is 4.74 Å². The van der Waals surface area contributed by atoms with Gasteiger partial charge in [-0.05, 0) is 24.6 Å². The number of halogens is 1. The maximum Gasteiger partial charge on any atom is 0.407 e. The van der Waals surface area contributed by atoms with Crippen molar-refractivity contribution in [3.05, 3.63) is 28.8 Å². The summed E-state index contributed by atoms with van der Waals surface area (Å²) in [4.78, 5) is 12.2. The van der Waals surface area contributed by atoms with Crippen molar-refractivity contribution in [3.63, 3.8) is 0 Å². The molecule has 1 N–H and O–H groups in total. The average molecular weight is 270 g/mol. The van der Waals surface area contributed by atoms with Gasteiger partial charge in [0, 0.05) is 25.9 Å². The highest BCUT2D eigenvalue weighted by Gasteiger charge is 2.23. The van der Waals surface area contributed by atoms with E-state index in [1.165, 1.54) is 4.90 Å². The van der Waals surface area contributed by atoms with E-state index in [-0.39, 0.29) is 6.10 Å². The number of likely N-dealkylation sites (tertiary alicyclic amines) is 1. The van der Waals surface area contributed by atoms with Crippen LogP contribution in [0.4, 0.5) is 4.79 Å². The number of carboxylic acid groups (broad SMARTS) is 1. The number of hydrogen-bond acceptors (Lipinski definition) is 2. The van der Waals surface area contributed by atoms with E-state index in [2.05, 4.69) is 0 Å². The van der Waals surface area contributed by atoms with Gasteiger partial charge >= 0.3 is 6.09 Å². The fourth-order valence-corrected chi connectivity index (χ4v) is 2.21. The Balaban J connectivity index is 1.95. The quantitative estimate of drug-likeness (QED) is 0.897. The fraction of sp³-hybridized carbons (Fsp3) is 0.462. The van der Waals surface area contributed by atoms with Crippen molar-refractivity contribution >= 4 is 17.7 Å². The Hall–Kier alpha value is -1.42. The zero-order chi connectivity index (χ0) is 13.1. The third kappa shape index (κ3) is 3.07. The summed E-state index contributed by atoms with van der Waals surface area (Å²) in [6, 6.07) is 5.66. The van der Waals surface area contributed by atoms with Gasteiger partial charge in [-0.25, -0.2) is 4.79 Å². The number of rotatable bonds is 2. The van der Waals surface area contributed by atoms with E-state index in [0.29, 0.717) is 36.7 Å². The predicted molar refractivity (Wildman–Crippen MR) is 69.4 cm³/mol. The summed E-state index contributed by atoms with van der Waals surface area (Å²) in [5.41, 5.74) is 1.09. The van der Waals surface area contributed by atoms with Gasteiger partial charge in [-0.3, -0.25) is 0 Å². The van der Waals surface area contributed by atoms with Gasteiger partial charge in [0.05, 0.1) is 5.02 Å². The number of benzene rings is 1. The van der Waals surface area contributed by atoms with Gasteiger partial charge in [-0.15, -0.1) is 0 Å². The van der Waals surface area contributed by atoms with Crippen molar-refractivity contribution in [1.29, 1.82) is 0 Å². The number of carbonyl (C=O) groups is 1.